The molecular formula is C28H61NO6P+. The summed E-state index contributed by atoms with van der Waals surface area (Å²) in [6.45, 7) is 6.44. The van der Waals surface area contributed by atoms with E-state index in [1.54, 1.807) is 0 Å². The number of quaternary nitrogens is 1. The third kappa shape index (κ3) is 27.0. The number of hydrogen-bond acceptors (Lipinski definition) is 5. The van der Waals surface area contributed by atoms with Crippen LogP contribution in [0.5, 0.6) is 0 Å². The Balaban J connectivity index is 3.59. The number of likely N-dealkylation sites (N-methyl/N-ethyl adjacent to an activating group) is 1. The second kappa shape index (κ2) is 24.1. The van der Waals surface area contributed by atoms with Gasteiger partial charge in [-0.25, -0.2) is 4.57 Å². The summed E-state index contributed by atoms with van der Waals surface area (Å²) in [5.41, 5.74) is 0. The first-order valence-corrected chi connectivity index (χ1v) is 16.3. The highest BCUT2D eigenvalue weighted by Gasteiger charge is 2.24. The van der Waals surface area contributed by atoms with E-state index in [-0.39, 0.29) is 19.3 Å². The molecule has 0 fully saturated rings. The average Bonchev–Trinajstić information content (AvgIpc) is 2.80. The Hall–Kier alpha value is -0.0100. The molecule has 0 heterocycles. The van der Waals surface area contributed by atoms with E-state index in [2.05, 4.69) is 6.92 Å². The van der Waals surface area contributed by atoms with Gasteiger partial charge < -0.3 is 18.9 Å². The van der Waals surface area contributed by atoms with E-state index in [1.807, 2.05) is 28.1 Å². The van der Waals surface area contributed by atoms with Crippen LogP contribution in [0.1, 0.15) is 117 Å². The van der Waals surface area contributed by atoms with Crippen molar-refractivity contribution in [1.29, 1.82) is 0 Å². The molecule has 7 nitrogen and oxygen atoms in total. The fourth-order valence-corrected chi connectivity index (χ4v) is 4.73. The molecule has 1 unspecified atom stereocenters. The summed E-state index contributed by atoms with van der Waals surface area (Å²) in [5.74, 6) is 0. The quantitative estimate of drug-likeness (QED) is 0.0631. The van der Waals surface area contributed by atoms with Crippen LogP contribution < -0.4 is 0 Å². The van der Waals surface area contributed by atoms with Gasteiger partial charge in [-0.3, -0.25) is 9.05 Å². The number of ether oxygens (including phenoxy) is 2. The van der Waals surface area contributed by atoms with E-state index in [9.17, 15) is 9.46 Å². The smallest absolute Gasteiger partial charge is 0.379 e. The largest absolute Gasteiger partial charge is 0.472 e. The Bertz CT molecular complexity index is 515. The molecule has 0 rings (SSSR count). The van der Waals surface area contributed by atoms with Crippen molar-refractivity contribution >= 4 is 7.82 Å². The van der Waals surface area contributed by atoms with Crippen molar-refractivity contribution in [3.63, 3.8) is 0 Å². The molecule has 0 bridgehead atoms. The van der Waals surface area contributed by atoms with E-state index >= 15 is 0 Å². The van der Waals surface area contributed by atoms with Crippen LogP contribution in [-0.4, -0.2) is 76.2 Å². The van der Waals surface area contributed by atoms with Gasteiger partial charge in [0.25, 0.3) is 0 Å². The van der Waals surface area contributed by atoms with E-state index in [0.29, 0.717) is 30.8 Å². The van der Waals surface area contributed by atoms with Crippen molar-refractivity contribution in [3.8, 4) is 0 Å². The molecule has 2 atom stereocenters. The average molecular weight is 539 g/mol. The summed E-state index contributed by atoms with van der Waals surface area (Å²) < 4.78 is 34.2. The lowest BCUT2D eigenvalue weighted by Crippen LogP contribution is -2.37. The van der Waals surface area contributed by atoms with Crippen molar-refractivity contribution in [2.45, 2.75) is 123 Å². The predicted molar refractivity (Wildman–Crippen MR) is 150 cm³/mol. The van der Waals surface area contributed by atoms with Crippen molar-refractivity contribution in [2.75, 3.05) is 60.7 Å². The third-order valence-electron chi connectivity index (χ3n) is 6.29. The lowest BCUT2D eigenvalue weighted by Gasteiger charge is -2.24. The molecule has 0 saturated carbocycles. The van der Waals surface area contributed by atoms with Gasteiger partial charge >= 0.3 is 7.82 Å². The lowest BCUT2D eigenvalue weighted by molar-refractivity contribution is -0.870. The maximum atomic E-state index is 12.1. The highest BCUT2D eigenvalue weighted by molar-refractivity contribution is 7.47. The van der Waals surface area contributed by atoms with Crippen molar-refractivity contribution in [3.05, 3.63) is 0 Å². The number of phosphoric acid groups is 1. The zero-order valence-electron chi connectivity index (χ0n) is 24.5. The van der Waals surface area contributed by atoms with E-state index in [0.717, 1.165) is 6.42 Å². The second-order valence-corrected chi connectivity index (χ2v) is 12.5. The second-order valence-electron chi connectivity index (χ2n) is 11.1. The fourth-order valence-electron chi connectivity index (χ4n) is 3.99. The van der Waals surface area contributed by atoms with Gasteiger partial charge in [-0.1, -0.05) is 103 Å². The maximum Gasteiger partial charge on any atom is 0.472 e. The third-order valence-corrected chi connectivity index (χ3v) is 7.27. The molecule has 0 aliphatic carbocycles. The van der Waals surface area contributed by atoms with Gasteiger partial charge in [-0.2, -0.15) is 0 Å². The Kier molecular flexibility index (Phi) is 24.1. The monoisotopic (exact) mass is 538 g/mol. The van der Waals surface area contributed by atoms with E-state index < -0.39 is 7.82 Å². The molecule has 0 aromatic rings. The highest BCUT2D eigenvalue weighted by Crippen LogP contribution is 2.43. The van der Waals surface area contributed by atoms with Crippen LogP contribution in [0.25, 0.3) is 0 Å². The SMILES string of the molecule is CCCCCCCCCCCCCCCCCCOC[C@@H](COP(=O)(O)OCC[N+](C)(C)C)OCC. The molecule has 0 amide bonds. The Morgan fingerprint density at radius 2 is 1.14 bits per heavy atom. The summed E-state index contributed by atoms with van der Waals surface area (Å²) in [6.07, 6.45) is 21.2. The van der Waals surface area contributed by atoms with Crippen LogP contribution in [0.2, 0.25) is 0 Å². The fraction of sp³-hybridized carbons (Fsp3) is 1.00. The Morgan fingerprint density at radius 1 is 0.667 bits per heavy atom. The first-order chi connectivity index (χ1) is 17.2. The van der Waals surface area contributed by atoms with Gasteiger partial charge in [-0.05, 0) is 13.3 Å². The highest BCUT2D eigenvalue weighted by atomic mass is 31.2. The van der Waals surface area contributed by atoms with Gasteiger partial charge in [0, 0.05) is 13.2 Å². The minimum atomic E-state index is -4.08. The molecular weight excluding hydrogens is 477 g/mol. The van der Waals surface area contributed by atoms with Gasteiger partial charge in [-0.15, -0.1) is 0 Å². The molecule has 0 aliphatic heterocycles. The molecule has 0 saturated heterocycles. The Labute approximate surface area is 223 Å². The molecule has 0 radical (unpaired) electrons. The zero-order valence-corrected chi connectivity index (χ0v) is 25.4. The van der Waals surface area contributed by atoms with Crippen LogP contribution in [0.3, 0.4) is 0 Å². The van der Waals surface area contributed by atoms with Crippen molar-refractivity contribution in [2.24, 2.45) is 0 Å². The maximum absolute atomic E-state index is 12.1. The minimum Gasteiger partial charge on any atom is -0.379 e. The molecule has 0 aromatic heterocycles. The van der Waals surface area contributed by atoms with Gasteiger partial charge in [0.2, 0.25) is 0 Å². The summed E-state index contributed by atoms with van der Waals surface area (Å²) >= 11 is 0. The topological polar surface area (TPSA) is 74.2 Å². The molecule has 8 heteroatoms. The molecule has 36 heavy (non-hydrogen) atoms. The molecule has 0 aliphatic rings. The minimum absolute atomic E-state index is 0.0229. The van der Waals surface area contributed by atoms with Crippen LogP contribution in [0, 0.1) is 0 Å². The van der Waals surface area contributed by atoms with Gasteiger partial charge in [0.05, 0.1) is 34.4 Å². The van der Waals surface area contributed by atoms with Crippen molar-refractivity contribution < 1.29 is 32.5 Å². The van der Waals surface area contributed by atoms with Crippen LogP contribution >= 0.6 is 7.82 Å². The molecule has 218 valence electrons. The van der Waals surface area contributed by atoms with Crippen LogP contribution in [0.15, 0.2) is 0 Å². The summed E-state index contributed by atoms with van der Waals surface area (Å²) in [4.78, 5) is 9.86. The normalized spacial score (nSPS) is 14.7. The molecule has 1 N–H and O–H groups in total. The first-order valence-electron chi connectivity index (χ1n) is 14.8. The number of unbranched alkanes of at least 4 members (excludes halogenated alkanes) is 15. The van der Waals surface area contributed by atoms with E-state index in [4.69, 9.17) is 18.5 Å². The van der Waals surface area contributed by atoms with Crippen molar-refractivity contribution in [1.82, 2.24) is 0 Å². The predicted octanol–water partition coefficient (Wildman–Crippen LogP) is 7.51. The summed E-state index contributed by atoms with van der Waals surface area (Å²) in [7, 11) is 1.90. The molecule has 0 spiro atoms. The Morgan fingerprint density at radius 3 is 1.58 bits per heavy atom. The number of hydrogen-bond donors (Lipinski definition) is 1. The standard InChI is InChI=1S/C28H60NO6P/c1-6-8-9-10-11-12-13-14-15-16-17-18-19-20-21-22-24-32-26-28(33-7-2)27-35-36(30,31)34-25-23-29(3,4)5/h28H,6-27H2,1-5H3/p+1/t28-/m0/s1. The number of nitrogens with zero attached hydrogens (tertiary/aromatic N) is 1. The lowest BCUT2D eigenvalue weighted by atomic mass is 10.0. The molecule has 0 aromatic carbocycles. The van der Waals surface area contributed by atoms with E-state index in [1.165, 1.54) is 96.3 Å². The number of phosphoric ester groups is 1. The van der Waals surface area contributed by atoms with Crippen LogP contribution in [-0.2, 0) is 23.1 Å². The first kappa shape index (κ1) is 36.0. The summed E-state index contributed by atoms with van der Waals surface area (Å²) in [5, 5.41) is 0. The zero-order chi connectivity index (χ0) is 27.0. The number of rotatable bonds is 28. The van der Waals surface area contributed by atoms with Crippen LogP contribution in [0.4, 0.5) is 0 Å². The van der Waals surface area contributed by atoms with Gasteiger partial charge in [0.1, 0.15) is 19.3 Å². The van der Waals surface area contributed by atoms with Gasteiger partial charge in [0.15, 0.2) is 0 Å². The summed E-state index contributed by atoms with van der Waals surface area (Å²) in [6, 6.07) is 0.